The van der Waals surface area contributed by atoms with Gasteiger partial charge in [0.15, 0.2) is 9.84 Å². The lowest BCUT2D eigenvalue weighted by molar-refractivity contribution is 0.0600. The Hall–Kier alpha value is -3.59. The SMILES string of the molecule is COC(=O)c1ccc(-c2cc3cc(S(C)(=O)=O)cnc3n2Cc2ccc(F)cc2)nc1. The predicted octanol–water partition coefficient (Wildman–Crippen LogP) is 3.48. The number of halogens is 1. The van der Waals surface area contributed by atoms with Crippen LogP contribution in [0.4, 0.5) is 4.39 Å². The first-order chi connectivity index (χ1) is 14.8. The highest BCUT2D eigenvalue weighted by atomic mass is 32.2. The maximum atomic E-state index is 13.3. The smallest absolute Gasteiger partial charge is 0.339 e. The molecule has 7 nitrogen and oxygen atoms in total. The van der Waals surface area contributed by atoms with Gasteiger partial charge in [0.05, 0.1) is 29.0 Å². The summed E-state index contributed by atoms with van der Waals surface area (Å²) in [6.45, 7) is 0.366. The molecular weight excluding hydrogens is 421 g/mol. The summed E-state index contributed by atoms with van der Waals surface area (Å²) in [6.07, 6.45) is 3.85. The number of hydrogen-bond acceptors (Lipinski definition) is 6. The number of fused-ring (bicyclic) bond motifs is 1. The van der Waals surface area contributed by atoms with Crippen LogP contribution in [-0.2, 0) is 21.1 Å². The van der Waals surface area contributed by atoms with E-state index in [9.17, 15) is 17.6 Å². The van der Waals surface area contributed by atoms with E-state index in [2.05, 4.69) is 9.97 Å². The second-order valence-corrected chi connectivity index (χ2v) is 9.04. The zero-order chi connectivity index (χ0) is 22.2. The summed E-state index contributed by atoms with van der Waals surface area (Å²) < 4.78 is 43.8. The number of aromatic nitrogens is 3. The van der Waals surface area contributed by atoms with E-state index >= 15 is 0 Å². The van der Waals surface area contributed by atoms with Gasteiger partial charge in [-0.05, 0) is 42.0 Å². The maximum Gasteiger partial charge on any atom is 0.339 e. The van der Waals surface area contributed by atoms with Crippen molar-refractivity contribution in [3.8, 4) is 11.4 Å². The van der Waals surface area contributed by atoms with Gasteiger partial charge in [0.1, 0.15) is 11.5 Å². The number of hydrogen-bond donors (Lipinski definition) is 0. The van der Waals surface area contributed by atoms with Gasteiger partial charge in [-0.25, -0.2) is 22.6 Å². The molecule has 0 aliphatic carbocycles. The molecule has 3 aromatic heterocycles. The number of carbonyl (C=O) groups is 1. The highest BCUT2D eigenvalue weighted by Gasteiger charge is 2.17. The molecule has 0 radical (unpaired) electrons. The van der Waals surface area contributed by atoms with E-state index in [1.807, 2.05) is 4.57 Å². The van der Waals surface area contributed by atoms with Gasteiger partial charge in [0.2, 0.25) is 0 Å². The monoisotopic (exact) mass is 439 g/mol. The van der Waals surface area contributed by atoms with E-state index in [-0.39, 0.29) is 10.7 Å². The highest BCUT2D eigenvalue weighted by Crippen LogP contribution is 2.29. The minimum Gasteiger partial charge on any atom is -0.465 e. The number of methoxy groups -OCH3 is 1. The molecule has 3 heterocycles. The van der Waals surface area contributed by atoms with Crippen molar-refractivity contribution in [3.63, 3.8) is 0 Å². The molecule has 0 aliphatic heterocycles. The minimum atomic E-state index is -3.42. The van der Waals surface area contributed by atoms with Gasteiger partial charge in [0, 0.05) is 30.6 Å². The van der Waals surface area contributed by atoms with Gasteiger partial charge < -0.3 is 9.30 Å². The van der Waals surface area contributed by atoms with Gasteiger partial charge in [-0.3, -0.25) is 4.98 Å². The molecule has 0 amide bonds. The van der Waals surface area contributed by atoms with Gasteiger partial charge in [-0.15, -0.1) is 0 Å². The van der Waals surface area contributed by atoms with Crippen molar-refractivity contribution in [2.24, 2.45) is 0 Å². The molecule has 0 saturated heterocycles. The van der Waals surface area contributed by atoms with Crippen molar-refractivity contribution in [1.82, 2.24) is 14.5 Å². The van der Waals surface area contributed by atoms with Crippen molar-refractivity contribution < 1.29 is 22.3 Å². The Balaban J connectivity index is 1.87. The molecule has 0 aliphatic rings. The molecule has 31 heavy (non-hydrogen) atoms. The second kappa shape index (κ2) is 7.92. The molecule has 9 heteroatoms. The number of nitrogens with zero attached hydrogens (tertiary/aromatic N) is 3. The van der Waals surface area contributed by atoms with Crippen molar-refractivity contribution >= 4 is 26.8 Å². The van der Waals surface area contributed by atoms with E-state index in [0.717, 1.165) is 11.8 Å². The molecule has 4 rings (SSSR count). The van der Waals surface area contributed by atoms with Crippen LogP contribution in [0, 0.1) is 5.82 Å². The van der Waals surface area contributed by atoms with Gasteiger partial charge >= 0.3 is 5.97 Å². The summed E-state index contributed by atoms with van der Waals surface area (Å²) in [7, 11) is -2.13. The Morgan fingerprint density at radius 3 is 2.42 bits per heavy atom. The van der Waals surface area contributed by atoms with Gasteiger partial charge in [-0.2, -0.15) is 0 Å². The maximum absolute atomic E-state index is 13.3. The Morgan fingerprint density at radius 1 is 1.06 bits per heavy atom. The fraction of sp³-hybridized carbons (Fsp3) is 0.136. The zero-order valence-corrected chi connectivity index (χ0v) is 17.6. The number of rotatable bonds is 5. The van der Waals surface area contributed by atoms with Crippen molar-refractivity contribution in [2.45, 2.75) is 11.4 Å². The standard InChI is InChI=1S/C22H18FN3O4S/c1-30-22(27)15-5-8-19(24-11-15)20-10-16-9-18(31(2,28)29)12-25-21(16)26(20)13-14-3-6-17(23)7-4-14/h3-12H,13H2,1-2H3. The van der Waals surface area contributed by atoms with Crippen LogP contribution in [0.5, 0.6) is 0 Å². The fourth-order valence-corrected chi connectivity index (χ4v) is 3.84. The third-order valence-corrected chi connectivity index (χ3v) is 5.92. The molecule has 0 spiro atoms. The first-order valence-electron chi connectivity index (χ1n) is 9.25. The van der Waals surface area contributed by atoms with Crippen LogP contribution in [0.3, 0.4) is 0 Å². The highest BCUT2D eigenvalue weighted by molar-refractivity contribution is 7.90. The number of benzene rings is 1. The Labute approximate surface area is 178 Å². The third-order valence-electron chi connectivity index (χ3n) is 4.84. The average Bonchev–Trinajstić information content (AvgIpc) is 3.12. The van der Waals surface area contributed by atoms with Crippen LogP contribution >= 0.6 is 0 Å². The van der Waals surface area contributed by atoms with Crippen LogP contribution in [0.2, 0.25) is 0 Å². The number of pyridine rings is 2. The first-order valence-corrected chi connectivity index (χ1v) is 11.1. The second-order valence-electron chi connectivity index (χ2n) is 7.02. The lowest BCUT2D eigenvalue weighted by Gasteiger charge is -2.11. The molecule has 0 bridgehead atoms. The Bertz CT molecular complexity index is 1380. The normalized spacial score (nSPS) is 11.6. The van der Waals surface area contributed by atoms with Crippen molar-refractivity contribution in [3.05, 3.63) is 77.9 Å². The van der Waals surface area contributed by atoms with Gasteiger partial charge in [0.25, 0.3) is 0 Å². The summed E-state index contributed by atoms with van der Waals surface area (Å²) in [5.74, 6) is -0.831. The summed E-state index contributed by atoms with van der Waals surface area (Å²) in [6, 6.07) is 12.7. The molecule has 0 fully saturated rings. The lowest BCUT2D eigenvalue weighted by Crippen LogP contribution is -2.05. The Morgan fingerprint density at radius 2 is 1.81 bits per heavy atom. The lowest BCUT2D eigenvalue weighted by atomic mass is 10.2. The molecule has 0 N–H and O–H groups in total. The number of ether oxygens (including phenoxy) is 1. The van der Waals surface area contributed by atoms with Crippen LogP contribution < -0.4 is 0 Å². The predicted molar refractivity (Wildman–Crippen MR) is 113 cm³/mol. The molecule has 0 saturated carbocycles. The fourth-order valence-electron chi connectivity index (χ4n) is 3.26. The molecule has 1 aromatic carbocycles. The average molecular weight is 439 g/mol. The van der Waals surface area contributed by atoms with Crippen molar-refractivity contribution in [2.75, 3.05) is 13.4 Å². The molecule has 158 valence electrons. The zero-order valence-electron chi connectivity index (χ0n) is 16.7. The summed E-state index contributed by atoms with van der Waals surface area (Å²) >= 11 is 0. The van der Waals surface area contributed by atoms with Crippen LogP contribution in [-0.4, -0.2) is 42.3 Å². The van der Waals surface area contributed by atoms with E-state index in [4.69, 9.17) is 4.74 Å². The quantitative estimate of drug-likeness (QED) is 0.442. The van der Waals surface area contributed by atoms with E-state index < -0.39 is 15.8 Å². The number of sulfone groups is 1. The summed E-state index contributed by atoms with van der Waals surface area (Å²) in [5, 5.41) is 0.624. The largest absolute Gasteiger partial charge is 0.465 e. The summed E-state index contributed by atoms with van der Waals surface area (Å²) in [5.41, 5.74) is 2.94. The molecular formula is C22H18FN3O4S. The van der Waals surface area contributed by atoms with Crippen LogP contribution in [0.25, 0.3) is 22.4 Å². The molecule has 0 unspecified atom stereocenters. The van der Waals surface area contributed by atoms with E-state index in [0.29, 0.717) is 34.5 Å². The van der Waals surface area contributed by atoms with Crippen molar-refractivity contribution in [1.29, 1.82) is 0 Å². The number of esters is 1. The minimum absolute atomic E-state index is 0.111. The van der Waals surface area contributed by atoms with Gasteiger partial charge in [-0.1, -0.05) is 12.1 Å². The van der Waals surface area contributed by atoms with Crippen LogP contribution in [0.15, 0.2) is 65.8 Å². The topological polar surface area (TPSA) is 91.2 Å². The van der Waals surface area contributed by atoms with E-state index in [1.54, 1.807) is 36.4 Å². The molecule has 0 atom stereocenters. The number of carbonyl (C=O) groups excluding carboxylic acids is 1. The van der Waals surface area contributed by atoms with E-state index in [1.165, 1.54) is 31.6 Å². The van der Waals surface area contributed by atoms with Crippen LogP contribution in [0.1, 0.15) is 15.9 Å². The summed E-state index contributed by atoms with van der Waals surface area (Å²) in [4.78, 5) is 20.6. The Kier molecular flexibility index (Phi) is 5.28. The first kappa shape index (κ1) is 20.7. The molecule has 4 aromatic rings. The third kappa shape index (κ3) is 4.17.